The minimum atomic E-state index is -6.24. The molecular weight excluding hydrogens is 287 g/mol. The van der Waals surface area contributed by atoms with Gasteiger partial charge in [-0.25, -0.2) is 0 Å². The van der Waals surface area contributed by atoms with Gasteiger partial charge in [0.25, 0.3) is 6.10 Å². The Morgan fingerprint density at radius 1 is 1.28 bits per heavy atom. The molecule has 0 rings (SSSR count). The minimum absolute atomic E-state index is 0.266. The molecule has 0 heterocycles. The van der Waals surface area contributed by atoms with Crippen LogP contribution in [0.1, 0.15) is 19.8 Å². The van der Waals surface area contributed by atoms with Crippen molar-refractivity contribution in [1.82, 2.24) is 0 Å². The Balaban J connectivity index is 5.15. The number of allylic oxidation sites excluding steroid dienone is 1. The summed E-state index contributed by atoms with van der Waals surface area (Å²) in [5, 5.41) is -5.48. The zero-order valence-corrected chi connectivity index (χ0v) is 9.93. The van der Waals surface area contributed by atoms with Gasteiger partial charge in [0.05, 0.1) is 6.26 Å². The van der Waals surface area contributed by atoms with Gasteiger partial charge in [-0.1, -0.05) is 13.3 Å². The minimum Gasteiger partial charge on any atom is -0.481 e. The van der Waals surface area contributed by atoms with Crippen molar-refractivity contribution in [3.8, 4) is 0 Å². The summed E-state index contributed by atoms with van der Waals surface area (Å²) in [5.74, 6) is 0. The first-order valence-electron chi connectivity index (χ1n) is 4.66. The van der Waals surface area contributed by atoms with Gasteiger partial charge in [0, 0.05) is 0 Å². The van der Waals surface area contributed by atoms with Crippen LogP contribution in [0.15, 0.2) is 12.3 Å². The topological polar surface area (TPSA) is 63.6 Å². The zero-order valence-electron chi connectivity index (χ0n) is 9.12. The van der Waals surface area contributed by atoms with Crippen LogP contribution in [0.25, 0.3) is 0 Å². The highest BCUT2D eigenvalue weighted by atomic mass is 32.2. The molecule has 0 saturated carbocycles. The Morgan fingerprint density at radius 3 is 2.11 bits per heavy atom. The molecule has 0 saturated heterocycles. The summed E-state index contributed by atoms with van der Waals surface area (Å²) in [6.07, 6.45) is -7.46. The summed E-state index contributed by atoms with van der Waals surface area (Å²) in [7, 11) is -6.24. The largest absolute Gasteiger partial charge is 0.481 e. The van der Waals surface area contributed by atoms with Crippen molar-refractivity contribution >= 4 is 10.1 Å². The molecule has 0 aromatic rings. The fourth-order valence-corrected chi connectivity index (χ4v) is 1.31. The van der Waals surface area contributed by atoms with Crippen molar-refractivity contribution in [1.29, 1.82) is 0 Å². The van der Waals surface area contributed by atoms with Crippen LogP contribution in [0.5, 0.6) is 0 Å². The van der Waals surface area contributed by atoms with E-state index < -0.39 is 27.7 Å². The zero-order chi connectivity index (χ0) is 14.6. The number of ether oxygens (including phenoxy) is 1. The van der Waals surface area contributed by atoms with Gasteiger partial charge in [-0.2, -0.15) is 30.4 Å². The lowest BCUT2D eigenvalue weighted by molar-refractivity contribution is -0.250. The van der Waals surface area contributed by atoms with E-state index in [1.54, 1.807) is 6.92 Å². The van der Waals surface area contributed by atoms with Gasteiger partial charge in [0.15, 0.2) is 0 Å². The van der Waals surface area contributed by atoms with Gasteiger partial charge in [0.2, 0.25) is 0 Å². The molecular formula is C8H11F5O4S. The van der Waals surface area contributed by atoms with Crippen molar-refractivity contribution < 1.29 is 39.7 Å². The quantitative estimate of drug-likeness (QED) is 0.465. The van der Waals surface area contributed by atoms with Gasteiger partial charge in [-0.05, 0) is 12.5 Å². The molecule has 0 amide bonds. The first-order valence-corrected chi connectivity index (χ1v) is 6.10. The molecule has 0 aliphatic rings. The maximum atomic E-state index is 12.9. The van der Waals surface area contributed by atoms with Gasteiger partial charge < -0.3 is 4.74 Å². The number of alkyl halides is 5. The molecule has 0 aromatic carbocycles. The Hall–Kier alpha value is -0.900. The van der Waals surface area contributed by atoms with Crippen LogP contribution in [-0.2, 0) is 14.9 Å². The normalized spacial score (nSPS) is 15.9. The van der Waals surface area contributed by atoms with E-state index in [4.69, 9.17) is 4.55 Å². The highest BCUT2D eigenvalue weighted by molar-refractivity contribution is 7.86. The number of rotatable bonds is 6. The Bertz CT molecular complexity index is 387. The number of unbranched alkanes of at least 4 members (excludes halogenated alkanes) is 1. The molecule has 108 valence electrons. The lowest BCUT2D eigenvalue weighted by Crippen LogP contribution is -2.50. The van der Waals surface area contributed by atoms with Crippen molar-refractivity contribution in [3.63, 3.8) is 0 Å². The fourth-order valence-electron chi connectivity index (χ4n) is 0.851. The van der Waals surface area contributed by atoms with Crippen LogP contribution in [0.2, 0.25) is 0 Å². The maximum Gasteiger partial charge on any atom is 0.432 e. The van der Waals surface area contributed by atoms with Crippen molar-refractivity contribution in [2.45, 2.75) is 37.3 Å². The third-order valence-corrected chi connectivity index (χ3v) is 2.61. The number of hydrogen-bond donors (Lipinski definition) is 1. The van der Waals surface area contributed by atoms with E-state index in [1.165, 1.54) is 0 Å². The smallest absolute Gasteiger partial charge is 0.432 e. The molecule has 1 unspecified atom stereocenters. The van der Waals surface area contributed by atoms with Crippen molar-refractivity contribution in [3.05, 3.63) is 12.3 Å². The summed E-state index contributed by atoms with van der Waals surface area (Å²) in [5.41, 5.74) is 0. The highest BCUT2D eigenvalue weighted by Gasteiger charge is 2.65. The molecule has 0 aromatic heterocycles. The standard InChI is InChI=1S/C8H11F5O4S/c1-2-3-4-5-17-6(7(9,10)11)8(12,13)18(14,15)16/h4-6H,2-3H2,1H3,(H,14,15,16). The van der Waals surface area contributed by atoms with E-state index in [-0.39, 0.29) is 6.42 Å². The molecule has 4 nitrogen and oxygen atoms in total. The third-order valence-electron chi connectivity index (χ3n) is 1.71. The SMILES string of the molecule is CCCC=COC(C(F)(F)F)C(F)(F)S(=O)(=O)O. The van der Waals surface area contributed by atoms with Crippen molar-refractivity contribution in [2.24, 2.45) is 0 Å². The average Bonchev–Trinajstić information content (AvgIpc) is 2.13. The third kappa shape index (κ3) is 4.41. The Labute approximate surface area is 100 Å². The lowest BCUT2D eigenvalue weighted by Gasteiger charge is -2.25. The fraction of sp³-hybridized carbons (Fsp3) is 0.750. The number of halogens is 5. The first-order chi connectivity index (χ1) is 7.94. The summed E-state index contributed by atoms with van der Waals surface area (Å²) in [6, 6.07) is 0. The van der Waals surface area contributed by atoms with E-state index in [9.17, 15) is 30.4 Å². The molecule has 18 heavy (non-hydrogen) atoms. The van der Waals surface area contributed by atoms with Gasteiger partial charge in [0.1, 0.15) is 0 Å². The summed E-state index contributed by atoms with van der Waals surface area (Å²) in [4.78, 5) is 0. The molecule has 0 aliphatic carbocycles. The molecule has 1 N–H and O–H groups in total. The first kappa shape index (κ1) is 17.1. The van der Waals surface area contributed by atoms with E-state index in [0.717, 1.165) is 6.08 Å². The van der Waals surface area contributed by atoms with Gasteiger partial charge in [-0.3, -0.25) is 4.55 Å². The van der Waals surface area contributed by atoms with E-state index in [1.807, 2.05) is 0 Å². The van der Waals surface area contributed by atoms with Gasteiger partial charge in [-0.15, -0.1) is 0 Å². The Kier molecular flexibility index (Phi) is 5.54. The van der Waals surface area contributed by atoms with Crippen LogP contribution in [0.3, 0.4) is 0 Å². The van der Waals surface area contributed by atoms with Crippen LogP contribution < -0.4 is 0 Å². The van der Waals surface area contributed by atoms with Crippen LogP contribution in [-0.4, -0.2) is 30.5 Å². The molecule has 0 spiro atoms. The molecule has 0 radical (unpaired) electrons. The van der Waals surface area contributed by atoms with E-state index >= 15 is 0 Å². The van der Waals surface area contributed by atoms with Crippen LogP contribution in [0.4, 0.5) is 22.0 Å². The lowest BCUT2D eigenvalue weighted by atomic mass is 10.3. The number of hydrogen-bond acceptors (Lipinski definition) is 3. The summed E-state index contributed by atoms with van der Waals surface area (Å²) >= 11 is 0. The molecule has 1 atom stereocenters. The molecule has 0 fully saturated rings. The molecule has 10 heteroatoms. The highest BCUT2D eigenvalue weighted by Crippen LogP contribution is 2.38. The summed E-state index contributed by atoms with van der Waals surface area (Å²) in [6.45, 7) is 1.68. The monoisotopic (exact) mass is 298 g/mol. The van der Waals surface area contributed by atoms with Crippen LogP contribution in [0, 0.1) is 0 Å². The second-order valence-electron chi connectivity index (χ2n) is 3.26. The molecule has 0 aliphatic heterocycles. The Morgan fingerprint density at radius 2 is 1.78 bits per heavy atom. The predicted molar refractivity (Wildman–Crippen MR) is 51.5 cm³/mol. The average molecular weight is 298 g/mol. The predicted octanol–water partition coefficient (Wildman–Crippen LogP) is 2.73. The molecule has 0 bridgehead atoms. The second-order valence-corrected chi connectivity index (χ2v) is 4.75. The second kappa shape index (κ2) is 5.83. The van der Waals surface area contributed by atoms with Gasteiger partial charge >= 0.3 is 21.5 Å². The van der Waals surface area contributed by atoms with Crippen LogP contribution >= 0.6 is 0 Å². The maximum absolute atomic E-state index is 12.9. The van der Waals surface area contributed by atoms with E-state index in [2.05, 4.69) is 4.74 Å². The van der Waals surface area contributed by atoms with Crippen molar-refractivity contribution in [2.75, 3.05) is 0 Å². The van der Waals surface area contributed by atoms with E-state index in [0.29, 0.717) is 12.7 Å². The summed E-state index contributed by atoms with van der Waals surface area (Å²) < 4.78 is 94.8.